The van der Waals surface area contributed by atoms with E-state index in [0.717, 1.165) is 11.3 Å². The van der Waals surface area contributed by atoms with Crippen LogP contribution >= 0.6 is 34.5 Å². The molecule has 2 N–H and O–H groups in total. The maximum absolute atomic E-state index is 12.1. The Morgan fingerprint density at radius 1 is 1.44 bits per heavy atom. The number of hydrogen-bond donors (Lipinski definition) is 2. The number of rotatable bonds is 6. The highest BCUT2D eigenvalue weighted by atomic mass is 35.5. The minimum absolute atomic E-state index is 0.0113. The Balaban J connectivity index is 2.97. The molecule has 0 spiro atoms. The topological polar surface area (TPSA) is 66.4 Å². The van der Waals surface area contributed by atoms with Crippen LogP contribution in [0.5, 0.6) is 0 Å². The zero-order valence-corrected chi connectivity index (χ0v) is 13.1. The molecule has 0 saturated carbocycles. The smallest absolute Gasteiger partial charge is 0.243 e. The lowest BCUT2D eigenvalue weighted by Gasteiger charge is -2.21. The van der Waals surface area contributed by atoms with Gasteiger partial charge in [-0.05, 0) is 18.4 Å². The first kappa shape index (κ1) is 16.2. The summed E-state index contributed by atoms with van der Waals surface area (Å²) in [4.78, 5) is -0.0113. The molecule has 0 aliphatic heterocycles. The van der Waals surface area contributed by atoms with Gasteiger partial charge in [0.15, 0.2) is 0 Å². The van der Waals surface area contributed by atoms with Crippen molar-refractivity contribution in [2.45, 2.75) is 31.2 Å². The predicted octanol–water partition coefficient (Wildman–Crippen LogP) is 2.74. The van der Waals surface area contributed by atoms with Gasteiger partial charge in [-0.3, -0.25) is 0 Å². The lowest BCUT2D eigenvalue weighted by molar-refractivity contribution is 0.256. The second-order valence-electron chi connectivity index (χ2n) is 4.17. The molecule has 1 aromatic heterocycles. The van der Waals surface area contributed by atoms with E-state index in [2.05, 4.69) is 4.72 Å². The highest BCUT2D eigenvalue weighted by molar-refractivity contribution is 7.89. The lowest BCUT2D eigenvalue weighted by atomic mass is 10.0. The Kier molecular flexibility index (Phi) is 5.89. The Morgan fingerprint density at radius 3 is 2.44 bits per heavy atom. The van der Waals surface area contributed by atoms with Crippen LogP contribution in [0.2, 0.25) is 8.67 Å². The average molecular weight is 332 g/mol. The number of sulfonamides is 1. The highest BCUT2D eigenvalue weighted by Crippen LogP contribution is 2.34. The Morgan fingerprint density at radius 2 is 2.06 bits per heavy atom. The van der Waals surface area contributed by atoms with Gasteiger partial charge in [0.25, 0.3) is 0 Å². The minimum atomic E-state index is -3.70. The molecule has 0 aliphatic carbocycles. The van der Waals surface area contributed by atoms with Crippen LogP contribution in [-0.2, 0) is 10.0 Å². The van der Waals surface area contributed by atoms with Crippen molar-refractivity contribution < 1.29 is 13.5 Å². The molecule has 0 aromatic carbocycles. The first-order valence-electron chi connectivity index (χ1n) is 5.36. The molecule has 0 amide bonds. The third-order valence-electron chi connectivity index (χ3n) is 2.47. The molecule has 1 rings (SSSR count). The van der Waals surface area contributed by atoms with Gasteiger partial charge >= 0.3 is 0 Å². The van der Waals surface area contributed by atoms with Crippen LogP contribution in [0.3, 0.4) is 0 Å². The Labute approximate surface area is 121 Å². The van der Waals surface area contributed by atoms with Crippen molar-refractivity contribution >= 4 is 44.6 Å². The molecule has 18 heavy (non-hydrogen) atoms. The fourth-order valence-electron chi connectivity index (χ4n) is 1.44. The maximum Gasteiger partial charge on any atom is 0.243 e. The monoisotopic (exact) mass is 331 g/mol. The zero-order chi connectivity index (χ0) is 13.9. The van der Waals surface area contributed by atoms with Crippen LogP contribution in [0.1, 0.15) is 20.3 Å². The van der Waals surface area contributed by atoms with E-state index >= 15 is 0 Å². The van der Waals surface area contributed by atoms with Gasteiger partial charge in [0.1, 0.15) is 9.23 Å². The summed E-state index contributed by atoms with van der Waals surface area (Å²) in [5.41, 5.74) is 0. The molecule has 0 fully saturated rings. The standard InChI is InChI=1S/C10H15Cl2NO3S2/c1-6(2)7(3-4-14)13-18(15,16)8-5-9(11)17-10(8)12/h5-7,13-14H,3-4H2,1-2H3. The molecule has 0 saturated heterocycles. The molecule has 8 heteroatoms. The third kappa shape index (κ3) is 4.08. The lowest BCUT2D eigenvalue weighted by Crippen LogP contribution is -2.39. The van der Waals surface area contributed by atoms with Crippen molar-refractivity contribution in [2.24, 2.45) is 5.92 Å². The Hall–Kier alpha value is 0.150. The molecule has 0 aliphatic rings. The summed E-state index contributed by atoms with van der Waals surface area (Å²) in [6, 6.07) is 0.988. The summed E-state index contributed by atoms with van der Waals surface area (Å²) in [5.74, 6) is 0.0693. The first-order chi connectivity index (χ1) is 8.27. The minimum Gasteiger partial charge on any atom is -0.396 e. The van der Waals surface area contributed by atoms with Crippen LogP contribution in [0.4, 0.5) is 0 Å². The number of halogens is 2. The van der Waals surface area contributed by atoms with Gasteiger partial charge in [0.05, 0.1) is 4.34 Å². The molecule has 1 heterocycles. The number of aliphatic hydroxyl groups excluding tert-OH is 1. The van der Waals surface area contributed by atoms with Crippen LogP contribution in [0, 0.1) is 5.92 Å². The van der Waals surface area contributed by atoms with Crippen LogP contribution in [0.15, 0.2) is 11.0 Å². The van der Waals surface area contributed by atoms with Gasteiger partial charge in [-0.2, -0.15) is 0 Å². The largest absolute Gasteiger partial charge is 0.396 e. The predicted molar refractivity (Wildman–Crippen MR) is 75.0 cm³/mol. The molecule has 0 bridgehead atoms. The summed E-state index contributed by atoms with van der Waals surface area (Å²) in [6.45, 7) is 3.68. The van der Waals surface area contributed by atoms with Gasteiger partial charge in [0.2, 0.25) is 10.0 Å². The molecule has 1 aromatic rings. The van der Waals surface area contributed by atoms with Crippen LogP contribution in [-0.4, -0.2) is 26.2 Å². The van der Waals surface area contributed by atoms with Crippen molar-refractivity contribution in [2.75, 3.05) is 6.61 Å². The van der Waals surface area contributed by atoms with Crippen molar-refractivity contribution in [1.82, 2.24) is 4.72 Å². The number of aliphatic hydroxyl groups is 1. The quantitative estimate of drug-likeness (QED) is 0.842. The van der Waals surface area contributed by atoms with Crippen molar-refractivity contribution in [3.8, 4) is 0 Å². The third-order valence-corrected chi connectivity index (χ3v) is 5.71. The summed E-state index contributed by atoms with van der Waals surface area (Å²) < 4.78 is 27.3. The van der Waals surface area contributed by atoms with Crippen LogP contribution in [0.25, 0.3) is 0 Å². The fraction of sp³-hybridized carbons (Fsp3) is 0.600. The molecular formula is C10H15Cl2NO3S2. The highest BCUT2D eigenvalue weighted by Gasteiger charge is 2.25. The zero-order valence-electron chi connectivity index (χ0n) is 9.98. The van der Waals surface area contributed by atoms with Crippen molar-refractivity contribution in [1.29, 1.82) is 0 Å². The Bertz CT molecular complexity index is 499. The maximum atomic E-state index is 12.1. The molecular weight excluding hydrogens is 317 g/mol. The van der Waals surface area contributed by atoms with E-state index in [1.54, 1.807) is 0 Å². The van der Waals surface area contributed by atoms with Crippen molar-refractivity contribution in [3.63, 3.8) is 0 Å². The van der Waals surface area contributed by atoms with E-state index in [1.807, 2.05) is 13.8 Å². The molecule has 1 atom stereocenters. The number of hydrogen-bond acceptors (Lipinski definition) is 4. The van der Waals surface area contributed by atoms with E-state index in [1.165, 1.54) is 6.07 Å². The second-order valence-corrected chi connectivity index (χ2v) is 8.14. The molecule has 1 unspecified atom stereocenters. The number of nitrogens with one attached hydrogen (secondary N) is 1. The van der Waals surface area contributed by atoms with Gasteiger partial charge in [-0.15, -0.1) is 11.3 Å². The molecule has 0 radical (unpaired) electrons. The van der Waals surface area contributed by atoms with Gasteiger partial charge < -0.3 is 5.11 Å². The summed E-state index contributed by atoms with van der Waals surface area (Å²) in [5, 5.41) is 8.93. The van der Waals surface area contributed by atoms with Crippen molar-refractivity contribution in [3.05, 3.63) is 14.7 Å². The fourth-order valence-corrected chi connectivity index (χ4v) is 5.01. The van der Waals surface area contributed by atoms with E-state index in [-0.39, 0.29) is 27.8 Å². The van der Waals surface area contributed by atoms with E-state index < -0.39 is 10.0 Å². The van der Waals surface area contributed by atoms with E-state index in [0.29, 0.717) is 10.8 Å². The summed E-state index contributed by atoms with van der Waals surface area (Å²) in [6.07, 6.45) is 0.354. The summed E-state index contributed by atoms with van der Waals surface area (Å²) >= 11 is 12.6. The van der Waals surface area contributed by atoms with E-state index in [9.17, 15) is 8.42 Å². The number of thiophene rings is 1. The SMILES string of the molecule is CC(C)C(CCO)NS(=O)(=O)c1cc(Cl)sc1Cl. The van der Waals surface area contributed by atoms with E-state index in [4.69, 9.17) is 28.3 Å². The molecule has 4 nitrogen and oxygen atoms in total. The second kappa shape index (κ2) is 6.54. The summed E-state index contributed by atoms with van der Waals surface area (Å²) in [7, 11) is -3.70. The molecule has 104 valence electrons. The average Bonchev–Trinajstić information content (AvgIpc) is 2.57. The van der Waals surface area contributed by atoms with Crippen LogP contribution < -0.4 is 4.72 Å². The van der Waals surface area contributed by atoms with Gasteiger partial charge in [-0.25, -0.2) is 13.1 Å². The first-order valence-corrected chi connectivity index (χ1v) is 8.41. The van der Waals surface area contributed by atoms with Gasteiger partial charge in [-0.1, -0.05) is 37.0 Å². The normalized spacial score (nSPS) is 14.1. The van der Waals surface area contributed by atoms with Gasteiger partial charge in [0, 0.05) is 12.6 Å².